The number of pyridine rings is 1. The molecule has 1 fully saturated rings. The standard InChI is InChI=1S/C20H20N2O4/c23-18(21-26-19-11-5-6-12-25-19)13-22-16-9-3-1-7-14(16)20(24)15-8-2-4-10-17(15)22/h1-4,7-10,19H,5-6,11-13H2,(H,21,23). The summed E-state index contributed by atoms with van der Waals surface area (Å²) < 4.78 is 7.29. The maximum absolute atomic E-state index is 12.7. The molecule has 26 heavy (non-hydrogen) atoms. The molecule has 4 rings (SSSR count). The molecule has 2 heterocycles. The second-order valence-electron chi connectivity index (χ2n) is 6.39. The van der Waals surface area contributed by atoms with E-state index in [9.17, 15) is 9.59 Å². The van der Waals surface area contributed by atoms with Gasteiger partial charge in [0, 0.05) is 23.8 Å². The summed E-state index contributed by atoms with van der Waals surface area (Å²) in [6.45, 7) is 0.698. The van der Waals surface area contributed by atoms with Crippen molar-refractivity contribution in [1.29, 1.82) is 0 Å². The van der Waals surface area contributed by atoms with E-state index in [2.05, 4.69) is 5.48 Å². The van der Waals surface area contributed by atoms with Crippen molar-refractivity contribution in [2.24, 2.45) is 0 Å². The lowest BCUT2D eigenvalue weighted by atomic mass is 10.1. The molecule has 1 atom stereocenters. The monoisotopic (exact) mass is 352 g/mol. The number of rotatable bonds is 4. The van der Waals surface area contributed by atoms with Gasteiger partial charge in [-0.25, -0.2) is 10.3 Å². The quantitative estimate of drug-likeness (QED) is 0.579. The number of hydroxylamine groups is 1. The SMILES string of the molecule is O=C(Cn1c2ccccc2c(=O)c2ccccc21)NOC1CCCCO1. The van der Waals surface area contributed by atoms with Crippen LogP contribution in [-0.4, -0.2) is 23.4 Å². The van der Waals surface area contributed by atoms with E-state index >= 15 is 0 Å². The van der Waals surface area contributed by atoms with Crippen molar-refractivity contribution < 1.29 is 14.4 Å². The van der Waals surface area contributed by atoms with Crippen molar-refractivity contribution in [2.75, 3.05) is 6.61 Å². The fourth-order valence-corrected chi connectivity index (χ4v) is 3.36. The normalized spacial score (nSPS) is 17.5. The van der Waals surface area contributed by atoms with Crippen molar-refractivity contribution in [3.63, 3.8) is 0 Å². The Balaban J connectivity index is 1.65. The third-order valence-electron chi connectivity index (χ3n) is 4.62. The Morgan fingerprint density at radius 3 is 2.35 bits per heavy atom. The van der Waals surface area contributed by atoms with E-state index in [1.807, 2.05) is 41.0 Å². The predicted molar refractivity (Wildman–Crippen MR) is 98.5 cm³/mol. The Bertz CT molecular complexity index is 946. The van der Waals surface area contributed by atoms with Crippen LogP contribution in [0.25, 0.3) is 21.8 Å². The molecule has 0 spiro atoms. The van der Waals surface area contributed by atoms with Crippen LogP contribution in [0.4, 0.5) is 0 Å². The lowest BCUT2D eigenvalue weighted by molar-refractivity contribution is -0.200. The van der Waals surface area contributed by atoms with Gasteiger partial charge in [-0.15, -0.1) is 0 Å². The first kappa shape index (κ1) is 16.8. The van der Waals surface area contributed by atoms with Crippen LogP contribution in [0, 0.1) is 0 Å². The van der Waals surface area contributed by atoms with E-state index in [0.29, 0.717) is 17.4 Å². The number of amides is 1. The maximum atomic E-state index is 12.7. The summed E-state index contributed by atoms with van der Waals surface area (Å²) in [5, 5.41) is 1.19. The Labute approximate surface area is 150 Å². The summed E-state index contributed by atoms with van der Waals surface area (Å²) in [5.41, 5.74) is 3.90. The first-order chi connectivity index (χ1) is 12.7. The zero-order valence-corrected chi connectivity index (χ0v) is 14.3. The van der Waals surface area contributed by atoms with Crippen LogP contribution in [-0.2, 0) is 20.9 Å². The van der Waals surface area contributed by atoms with Gasteiger partial charge in [-0.1, -0.05) is 24.3 Å². The Kier molecular flexibility index (Phi) is 4.69. The maximum Gasteiger partial charge on any atom is 0.263 e. The van der Waals surface area contributed by atoms with Crippen LogP contribution in [0.15, 0.2) is 53.3 Å². The number of para-hydroxylation sites is 2. The summed E-state index contributed by atoms with van der Waals surface area (Å²) in [5.74, 6) is -0.293. The van der Waals surface area contributed by atoms with Crippen LogP contribution in [0.3, 0.4) is 0 Å². The van der Waals surface area contributed by atoms with Gasteiger partial charge in [-0.05, 0) is 37.1 Å². The molecule has 1 aromatic heterocycles. The van der Waals surface area contributed by atoms with E-state index < -0.39 is 6.29 Å². The summed E-state index contributed by atoms with van der Waals surface area (Å²) in [6, 6.07) is 14.6. The van der Waals surface area contributed by atoms with Crippen LogP contribution in [0.5, 0.6) is 0 Å². The van der Waals surface area contributed by atoms with E-state index in [0.717, 1.165) is 30.3 Å². The molecule has 0 radical (unpaired) electrons. The Morgan fingerprint density at radius 2 is 1.73 bits per heavy atom. The van der Waals surface area contributed by atoms with E-state index in [4.69, 9.17) is 9.57 Å². The third kappa shape index (κ3) is 3.21. The summed E-state index contributed by atoms with van der Waals surface area (Å²) in [6.07, 6.45) is 2.42. The number of aromatic nitrogens is 1. The number of nitrogens with one attached hydrogen (secondary N) is 1. The summed E-state index contributed by atoms with van der Waals surface area (Å²) >= 11 is 0. The highest BCUT2D eigenvalue weighted by atomic mass is 16.8. The molecule has 2 aromatic carbocycles. The molecule has 6 heteroatoms. The van der Waals surface area contributed by atoms with Crippen LogP contribution >= 0.6 is 0 Å². The topological polar surface area (TPSA) is 69.6 Å². The van der Waals surface area contributed by atoms with Crippen molar-refractivity contribution >= 4 is 27.7 Å². The smallest absolute Gasteiger partial charge is 0.263 e. The number of carbonyl (C=O) groups excluding carboxylic acids is 1. The number of benzene rings is 2. The van der Waals surface area contributed by atoms with Gasteiger partial charge in [0.05, 0.1) is 11.0 Å². The van der Waals surface area contributed by atoms with Crippen molar-refractivity contribution in [2.45, 2.75) is 32.1 Å². The zero-order valence-electron chi connectivity index (χ0n) is 14.3. The molecule has 1 amide bonds. The molecule has 1 saturated heterocycles. The highest BCUT2D eigenvalue weighted by Gasteiger charge is 2.17. The van der Waals surface area contributed by atoms with Crippen molar-refractivity contribution in [3.05, 3.63) is 58.8 Å². The molecule has 1 N–H and O–H groups in total. The fraction of sp³-hybridized carbons (Fsp3) is 0.300. The number of ether oxygens (including phenoxy) is 1. The van der Waals surface area contributed by atoms with Crippen LogP contribution in [0.2, 0.25) is 0 Å². The minimum Gasteiger partial charge on any atom is -0.350 e. The average Bonchev–Trinajstić information content (AvgIpc) is 2.70. The number of hydrogen-bond donors (Lipinski definition) is 1. The summed E-state index contributed by atoms with van der Waals surface area (Å²) in [4.78, 5) is 30.5. The molecule has 6 nitrogen and oxygen atoms in total. The lowest BCUT2D eigenvalue weighted by Crippen LogP contribution is -2.35. The number of hydrogen-bond acceptors (Lipinski definition) is 4. The van der Waals surface area contributed by atoms with Crippen LogP contribution < -0.4 is 10.9 Å². The predicted octanol–water partition coefficient (Wildman–Crippen LogP) is 2.73. The molecule has 1 aliphatic heterocycles. The van der Waals surface area contributed by atoms with Gasteiger partial charge in [0.25, 0.3) is 5.91 Å². The molecule has 134 valence electrons. The minimum atomic E-state index is -0.393. The van der Waals surface area contributed by atoms with Gasteiger partial charge in [-0.2, -0.15) is 0 Å². The molecule has 0 aliphatic carbocycles. The average molecular weight is 352 g/mol. The molecular weight excluding hydrogens is 332 g/mol. The summed E-state index contributed by atoms with van der Waals surface area (Å²) in [7, 11) is 0. The molecule has 1 unspecified atom stereocenters. The van der Waals surface area contributed by atoms with Gasteiger partial charge in [0.2, 0.25) is 0 Å². The van der Waals surface area contributed by atoms with E-state index in [1.54, 1.807) is 12.1 Å². The van der Waals surface area contributed by atoms with Gasteiger partial charge in [0.15, 0.2) is 11.7 Å². The zero-order chi connectivity index (χ0) is 17.9. The first-order valence-electron chi connectivity index (χ1n) is 8.80. The fourth-order valence-electron chi connectivity index (χ4n) is 3.36. The van der Waals surface area contributed by atoms with Gasteiger partial charge >= 0.3 is 0 Å². The molecule has 0 saturated carbocycles. The van der Waals surface area contributed by atoms with E-state index in [-0.39, 0.29) is 17.9 Å². The number of fused-ring (bicyclic) bond motifs is 2. The largest absolute Gasteiger partial charge is 0.350 e. The highest BCUT2D eigenvalue weighted by Crippen LogP contribution is 2.19. The second-order valence-corrected chi connectivity index (χ2v) is 6.39. The second kappa shape index (κ2) is 7.27. The van der Waals surface area contributed by atoms with E-state index in [1.165, 1.54) is 0 Å². The first-order valence-corrected chi connectivity index (χ1v) is 8.80. The minimum absolute atomic E-state index is 0.0280. The third-order valence-corrected chi connectivity index (χ3v) is 4.62. The van der Waals surface area contributed by atoms with Gasteiger partial charge < -0.3 is 9.30 Å². The van der Waals surface area contributed by atoms with Gasteiger partial charge in [-0.3, -0.25) is 9.59 Å². The Morgan fingerprint density at radius 1 is 1.08 bits per heavy atom. The number of carbonyl (C=O) groups is 1. The molecule has 1 aliphatic rings. The molecule has 3 aromatic rings. The molecular formula is C20H20N2O4. The van der Waals surface area contributed by atoms with Crippen LogP contribution in [0.1, 0.15) is 19.3 Å². The van der Waals surface area contributed by atoms with Crippen molar-refractivity contribution in [1.82, 2.24) is 10.0 Å². The Hall–Kier alpha value is -2.70. The highest BCUT2D eigenvalue weighted by molar-refractivity contribution is 5.94. The number of nitrogens with zero attached hydrogens (tertiary/aromatic N) is 1. The molecule has 0 bridgehead atoms. The lowest BCUT2D eigenvalue weighted by Gasteiger charge is -2.22. The van der Waals surface area contributed by atoms with Gasteiger partial charge in [0.1, 0.15) is 6.54 Å². The van der Waals surface area contributed by atoms with Crippen molar-refractivity contribution in [3.8, 4) is 0 Å².